The molecule has 2 saturated carbocycles. The standard InChI is InChI=1S/C13H24O2/c1-13(2,15)11-7-3-6-10-9(11)5-4-8-12(10)14/h9-12,14-15H,3-8H2,1-2H3/t9-,10?,11+,12+/m0/s1. The van der Waals surface area contributed by atoms with Gasteiger partial charge in [-0.25, -0.2) is 0 Å². The molecule has 0 aliphatic heterocycles. The molecule has 0 heterocycles. The Morgan fingerprint density at radius 2 is 1.53 bits per heavy atom. The summed E-state index contributed by atoms with van der Waals surface area (Å²) in [6.45, 7) is 3.86. The zero-order valence-corrected chi connectivity index (χ0v) is 9.95. The molecule has 0 bridgehead atoms. The normalized spacial score (nSPS) is 42.4. The highest BCUT2D eigenvalue weighted by Crippen LogP contribution is 2.47. The van der Waals surface area contributed by atoms with E-state index in [1.54, 1.807) is 0 Å². The molecule has 0 aromatic heterocycles. The van der Waals surface area contributed by atoms with E-state index in [2.05, 4.69) is 0 Å². The highest BCUT2D eigenvalue weighted by Gasteiger charge is 2.44. The second-order valence-electron chi connectivity index (χ2n) is 6.02. The maximum absolute atomic E-state index is 10.2. The Balaban J connectivity index is 2.13. The van der Waals surface area contributed by atoms with Crippen molar-refractivity contribution in [3.63, 3.8) is 0 Å². The van der Waals surface area contributed by atoms with Crippen molar-refractivity contribution >= 4 is 0 Å². The summed E-state index contributed by atoms with van der Waals surface area (Å²) in [6.07, 6.45) is 6.68. The maximum atomic E-state index is 10.2. The van der Waals surface area contributed by atoms with Crippen molar-refractivity contribution in [3.05, 3.63) is 0 Å². The van der Waals surface area contributed by atoms with Gasteiger partial charge in [-0.1, -0.05) is 12.8 Å². The number of hydrogen-bond acceptors (Lipinski definition) is 2. The van der Waals surface area contributed by atoms with Crippen molar-refractivity contribution in [2.45, 2.75) is 64.1 Å². The van der Waals surface area contributed by atoms with E-state index in [0.29, 0.717) is 17.8 Å². The van der Waals surface area contributed by atoms with Crippen LogP contribution in [0.1, 0.15) is 52.4 Å². The highest BCUT2D eigenvalue weighted by atomic mass is 16.3. The average Bonchev–Trinajstić information content (AvgIpc) is 2.16. The number of hydrogen-bond donors (Lipinski definition) is 2. The van der Waals surface area contributed by atoms with Crippen molar-refractivity contribution in [1.29, 1.82) is 0 Å². The topological polar surface area (TPSA) is 40.5 Å². The van der Waals surface area contributed by atoms with Crippen molar-refractivity contribution < 1.29 is 10.2 Å². The van der Waals surface area contributed by atoms with Crippen LogP contribution in [0, 0.1) is 17.8 Å². The van der Waals surface area contributed by atoms with Crippen molar-refractivity contribution in [2.75, 3.05) is 0 Å². The van der Waals surface area contributed by atoms with Gasteiger partial charge in [-0.15, -0.1) is 0 Å². The Morgan fingerprint density at radius 3 is 2.20 bits per heavy atom. The van der Waals surface area contributed by atoms with Gasteiger partial charge in [-0.2, -0.15) is 0 Å². The molecule has 2 aliphatic rings. The van der Waals surface area contributed by atoms with E-state index in [1.807, 2.05) is 13.8 Å². The molecule has 2 fully saturated rings. The number of aliphatic hydroxyl groups is 2. The van der Waals surface area contributed by atoms with Gasteiger partial charge in [0.05, 0.1) is 11.7 Å². The number of rotatable bonds is 1. The monoisotopic (exact) mass is 212 g/mol. The summed E-state index contributed by atoms with van der Waals surface area (Å²) < 4.78 is 0. The Morgan fingerprint density at radius 1 is 0.933 bits per heavy atom. The van der Waals surface area contributed by atoms with Crippen molar-refractivity contribution in [1.82, 2.24) is 0 Å². The predicted octanol–water partition coefficient (Wildman–Crippen LogP) is 2.33. The first-order valence-electron chi connectivity index (χ1n) is 6.40. The summed E-state index contributed by atoms with van der Waals surface area (Å²) in [5.74, 6) is 1.41. The lowest BCUT2D eigenvalue weighted by molar-refractivity contribution is -0.0869. The van der Waals surface area contributed by atoms with E-state index in [4.69, 9.17) is 0 Å². The largest absolute Gasteiger partial charge is 0.393 e. The first kappa shape index (κ1) is 11.4. The molecule has 0 amide bonds. The van der Waals surface area contributed by atoms with Crippen LogP contribution in [-0.4, -0.2) is 21.9 Å². The molecule has 0 saturated heterocycles. The van der Waals surface area contributed by atoms with Crippen LogP contribution >= 0.6 is 0 Å². The first-order valence-corrected chi connectivity index (χ1v) is 6.40. The average molecular weight is 212 g/mol. The third-order valence-corrected chi connectivity index (χ3v) is 4.56. The summed E-state index contributed by atoms with van der Waals surface area (Å²) in [4.78, 5) is 0. The minimum atomic E-state index is -0.569. The minimum Gasteiger partial charge on any atom is -0.393 e. The van der Waals surface area contributed by atoms with Gasteiger partial charge in [0.15, 0.2) is 0 Å². The van der Waals surface area contributed by atoms with E-state index >= 15 is 0 Å². The fourth-order valence-electron chi connectivity index (χ4n) is 3.85. The van der Waals surface area contributed by atoms with Gasteiger partial charge in [-0.05, 0) is 57.3 Å². The Kier molecular flexibility index (Phi) is 3.09. The van der Waals surface area contributed by atoms with Gasteiger partial charge in [0, 0.05) is 0 Å². The lowest BCUT2D eigenvalue weighted by Crippen LogP contribution is -2.46. The van der Waals surface area contributed by atoms with Crippen LogP contribution in [0.15, 0.2) is 0 Å². The molecule has 2 nitrogen and oxygen atoms in total. The molecule has 2 rings (SSSR count). The smallest absolute Gasteiger partial charge is 0.0622 e. The molecule has 2 N–H and O–H groups in total. The van der Waals surface area contributed by atoms with Gasteiger partial charge in [-0.3, -0.25) is 0 Å². The Bertz CT molecular complexity index is 219. The van der Waals surface area contributed by atoms with Crippen LogP contribution in [0.2, 0.25) is 0 Å². The molecule has 88 valence electrons. The number of fused-ring (bicyclic) bond motifs is 1. The first-order chi connectivity index (χ1) is 7.00. The van der Waals surface area contributed by atoms with E-state index < -0.39 is 5.60 Å². The molecule has 0 aromatic rings. The van der Waals surface area contributed by atoms with E-state index in [-0.39, 0.29) is 6.10 Å². The second-order valence-corrected chi connectivity index (χ2v) is 6.02. The minimum absolute atomic E-state index is 0.103. The van der Waals surface area contributed by atoms with Crippen LogP contribution in [0.4, 0.5) is 0 Å². The Labute approximate surface area is 92.7 Å². The zero-order valence-electron chi connectivity index (χ0n) is 9.95. The summed E-state index contributed by atoms with van der Waals surface area (Å²) in [5.41, 5.74) is -0.569. The summed E-state index contributed by atoms with van der Waals surface area (Å²) >= 11 is 0. The van der Waals surface area contributed by atoms with Crippen molar-refractivity contribution in [2.24, 2.45) is 17.8 Å². The molecule has 4 atom stereocenters. The molecule has 2 aliphatic carbocycles. The summed E-state index contributed by atoms with van der Waals surface area (Å²) in [7, 11) is 0. The zero-order chi connectivity index (χ0) is 11.1. The lowest BCUT2D eigenvalue weighted by atomic mass is 9.60. The van der Waals surface area contributed by atoms with Crippen LogP contribution in [0.5, 0.6) is 0 Å². The molecule has 0 aromatic carbocycles. The van der Waals surface area contributed by atoms with Gasteiger partial charge in [0.25, 0.3) is 0 Å². The maximum Gasteiger partial charge on any atom is 0.0622 e. The molecule has 2 heteroatoms. The predicted molar refractivity (Wildman–Crippen MR) is 60.5 cm³/mol. The highest BCUT2D eigenvalue weighted by molar-refractivity contribution is 4.94. The number of aliphatic hydroxyl groups excluding tert-OH is 1. The van der Waals surface area contributed by atoms with Crippen LogP contribution in [0.25, 0.3) is 0 Å². The van der Waals surface area contributed by atoms with Crippen LogP contribution in [0.3, 0.4) is 0 Å². The quantitative estimate of drug-likeness (QED) is 0.700. The fraction of sp³-hybridized carbons (Fsp3) is 1.00. The molecule has 0 spiro atoms. The van der Waals surface area contributed by atoms with Crippen LogP contribution in [-0.2, 0) is 0 Å². The fourth-order valence-corrected chi connectivity index (χ4v) is 3.85. The van der Waals surface area contributed by atoms with Crippen LogP contribution < -0.4 is 0 Å². The third-order valence-electron chi connectivity index (χ3n) is 4.56. The molecular weight excluding hydrogens is 188 g/mol. The SMILES string of the molecule is CC(C)(O)[C@@H]1CCCC2[C@H](O)CCC[C@@H]21. The second kappa shape index (κ2) is 4.06. The van der Waals surface area contributed by atoms with Gasteiger partial charge < -0.3 is 10.2 Å². The van der Waals surface area contributed by atoms with E-state index in [0.717, 1.165) is 19.3 Å². The lowest BCUT2D eigenvalue weighted by Gasteiger charge is -2.47. The van der Waals surface area contributed by atoms with E-state index in [1.165, 1.54) is 19.3 Å². The van der Waals surface area contributed by atoms with Gasteiger partial charge in [0.2, 0.25) is 0 Å². The van der Waals surface area contributed by atoms with Crippen molar-refractivity contribution in [3.8, 4) is 0 Å². The third kappa shape index (κ3) is 2.21. The Hall–Kier alpha value is -0.0800. The summed E-state index contributed by atoms with van der Waals surface area (Å²) in [6, 6.07) is 0. The van der Waals surface area contributed by atoms with E-state index in [9.17, 15) is 10.2 Å². The molecule has 1 unspecified atom stereocenters. The van der Waals surface area contributed by atoms with Gasteiger partial charge >= 0.3 is 0 Å². The molecule has 15 heavy (non-hydrogen) atoms. The molecule has 0 radical (unpaired) electrons. The van der Waals surface area contributed by atoms with Gasteiger partial charge in [0.1, 0.15) is 0 Å². The molecular formula is C13H24O2. The summed E-state index contributed by atoms with van der Waals surface area (Å²) in [5, 5.41) is 20.2.